The van der Waals surface area contributed by atoms with E-state index in [9.17, 15) is 22.8 Å². The third kappa shape index (κ3) is 4.10. The lowest BCUT2D eigenvalue weighted by Crippen LogP contribution is -2.64. The third-order valence-corrected chi connectivity index (χ3v) is 10.1. The van der Waals surface area contributed by atoms with Crippen LogP contribution in [0.3, 0.4) is 0 Å². The number of hydrogen-bond donors (Lipinski definition) is 0. The zero-order valence-corrected chi connectivity index (χ0v) is 21.7. The lowest BCUT2D eigenvalue weighted by Gasteiger charge is -2.61. The molecule has 0 N–H and O–H groups in total. The Morgan fingerprint density at radius 3 is 2.46 bits per heavy atom. The molecule has 0 unspecified atom stereocenters. The number of hydrogen-bond acceptors (Lipinski definition) is 9. The van der Waals surface area contributed by atoms with Gasteiger partial charge >= 0.3 is 11.9 Å². The fourth-order valence-corrected chi connectivity index (χ4v) is 8.12. The molecule has 2 aromatic rings. The maximum atomic E-state index is 14.2. The molecule has 3 aliphatic rings. The summed E-state index contributed by atoms with van der Waals surface area (Å²) in [7, 11) is -3.02. The molecule has 1 aliphatic heterocycles. The van der Waals surface area contributed by atoms with Crippen molar-refractivity contribution >= 4 is 27.8 Å². The van der Waals surface area contributed by atoms with Crippen LogP contribution in [0.4, 0.5) is 0 Å². The largest absolute Gasteiger partial charge is 0.472 e. The van der Waals surface area contributed by atoms with Gasteiger partial charge in [0.25, 0.3) is 10.1 Å². The predicted octanol–water partition coefficient (Wildman–Crippen LogP) is 3.84. The van der Waals surface area contributed by atoms with Crippen LogP contribution in [-0.4, -0.2) is 39.4 Å². The van der Waals surface area contributed by atoms with Crippen molar-refractivity contribution in [3.63, 3.8) is 0 Å². The number of ether oxygens (including phenoxy) is 2. The Balaban J connectivity index is 1.57. The first kappa shape index (κ1) is 25.7. The molecule has 3 fully saturated rings. The lowest BCUT2D eigenvalue weighted by atomic mass is 9.43. The van der Waals surface area contributed by atoms with E-state index in [4.69, 9.17) is 18.1 Å². The Morgan fingerprint density at radius 1 is 1.08 bits per heavy atom. The van der Waals surface area contributed by atoms with Crippen LogP contribution in [0.25, 0.3) is 0 Å². The number of methoxy groups -OCH3 is 1. The minimum atomic E-state index is -4.29. The van der Waals surface area contributed by atoms with E-state index in [1.807, 2.05) is 13.8 Å². The van der Waals surface area contributed by atoms with E-state index in [1.165, 1.54) is 31.8 Å². The van der Waals surface area contributed by atoms with Crippen LogP contribution in [0.15, 0.2) is 58.2 Å². The molecule has 2 heterocycles. The second kappa shape index (κ2) is 9.09. The summed E-state index contributed by atoms with van der Waals surface area (Å²) >= 11 is 0. The quantitative estimate of drug-likeness (QED) is 0.418. The van der Waals surface area contributed by atoms with Crippen LogP contribution in [0.5, 0.6) is 0 Å². The number of carbonyl (C=O) groups is 3. The zero-order chi connectivity index (χ0) is 26.6. The van der Waals surface area contributed by atoms with E-state index in [0.717, 1.165) is 0 Å². The van der Waals surface area contributed by atoms with Crippen molar-refractivity contribution in [1.29, 1.82) is 0 Å². The van der Waals surface area contributed by atoms with Crippen LogP contribution in [-0.2, 0) is 38.2 Å². The van der Waals surface area contributed by atoms with Gasteiger partial charge in [0.15, 0.2) is 5.78 Å². The Morgan fingerprint density at radius 2 is 1.81 bits per heavy atom. The first-order valence-electron chi connectivity index (χ1n) is 12.3. The molecule has 10 heteroatoms. The number of rotatable bonds is 5. The summed E-state index contributed by atoms with van der Waals surface area (Å²) in [6.45, 7) is 3.74. The highest BCUT2D eigenvalue weighted by atomic mass is 32.2. The van der Waals surface area contributed by atoms with Crippen molar-refractivity contribution < 1.29 is 40.9 Å². The van der Waals surface area contributed by atoms with Crippen molar-refractivity contribution in [2.24, 2.45) is 28.6 Å². The summed E-state index contributed by atoms with van der Waals surface area (Å²) in [6.07, 6.45) is 2.01. The van der Waals surface area contributed by atoms with Gasteiger partial charge < -0.3 is 13.9 Å². The molecule has 1 aromatic carbocycles. The molecule has 0 radical (unpaired) electrons. The summed E-state index contributed by atoms with van der Waals surface area (Å²) in [5.41, 5.74) is -1.09. The molecule has 1 saturated heterocycles. The van der Waals surface area contributed by atoms with E-state index >= 15 is 0 Å². The Bertz CT molecular complexity index is 1300. The number of cyclic esters (lactones) is 1. The van der Waals surface area contributed by atoms with E-state index in [2.05, 4.69) is 0 Å². The third-order valence-electron chi connectivity index (χ3n) is 8.78. The second-order valence-corrected chi connectivity index (χ2v) is 12.4. The molecule has 2 saturated carbocycles. The van der Waals surface area contributed by atoms with Crippen LogP contribution in [0, 0.1) is 28.6 Å². The van der Waals surface area contributed by atoms with Crippen molar-refractivity contribution in [2.45, 2.75) is 56.6 Å². The number of esters is 2. The molecule has 7 atom stereocenters. The monoisotopic (exact) mass is 530 g/mol. The van der Waals surface area contributed by atoms with E-state index in [-0.39, 0.29) is 11.3 Å². The number of carbonyl (C=O) groups excluding carboxylic acids is 3. The Kier molecular flexibility index (Phi) is 6.31. The number of fused-ring (bicyclic) bond motifs is 3. The predicted molar refractivity (Wildman–Crippen MR) is 128 cm³/mol. The van der Waals surface area contributed by atoms with Gasteiger partial charge in [-0.15, -0.1) is 0 Å². The van der Waals surface area contributed by atoms with Gasteiger partial charge in [-0.1, -0.05) is 32.0 Å². The van der Waals surface area contributed by atoms with Gasteiger partial charge in [0.1, 0.15) is 12.2 Å². The molecule has 1 aromatic heterocycles. The summed E-state index contributed by atoms with van der Waals surface area (Å²) in [5, 5.41) is 0. The van der Waals surface area contributed by atoms with Gasteiger partial charge in [0.05, 0.1) is 36.4 Å². The average Bonchev–Trinajstić information content (AvgIpc) is 3.40. The fourth-order valence-electron chi connectivity index (χ4n) is 7.04. The first-order chi connectivity index (χ1) is 17.5. The molecular formula is C27H30O9S. The molecule has 0 spiro atoms. The van der Waals surface area contributed by atoms with Crippen molar-refractivity contribution in [3.8, 4) is 0 Å². The van der Waals surface area contributed by atoms with Gasteiger partial charge in [-0.3, -0.25) is 18.6 Å². The molecule has 9 nitrogen and oxygen atoms in total. The zero-order valence-electron chi connectivity index (χ0n) is 20.9. The fraction of sp³-hybridized carbons (Fsp3) is 0.519. The summed E-state index contributed by atoms with van der Waals surface area (Å²) in [4.78, 5) is 40.4. The standard InChI is InChI=1S/C27H30O9S/c1-26-11-9-18-25(30)35-21(16-10-12-34-15-16)14-27(18,2)23(26)22(28)20(13-19(26)24(29)33-3)36-37(31,32)17-7-5-4-6-8-17/h4-8,10,12,15,18-21,23H,9,11,13-14H2,1-3H3/t18-,19-,20-,21-,23-,26-,27-/m0/s1. The van der Waals surface area contributed by atoms with E-state index in [1.54, 1.807) is 24.3 Å². The maximum absolute atomic E-state index is 14.2. The Hall–Kier alpha value is -2.98. The number of benzene rings is 1. The van der Waals surface area contributed by atoms with Crippen LogP contribution >= 0.6 is 0 Å². The number of ketones is 1. The second-order valence-electron chi connectivity index (χ2n) is 10.8. The topological polar surface area (TPSA) is 126 Å². The normalized spacial score (nSPS) is 35.7. The van der Waals surface area contributed by atoms with E-state index in [0.29, 0.717) is 24.8 Å². The van der Waals surface area contributed by atoms with Crippen molar-refractivity contribution in [2.75, 3.05) is 7.11 Å². The van der Waals surface area contributed by atoms with Crippen LogP contribution < -0.4 is 0 Å². The summed E-state index contributed by atoms with van der Waals surface area (Å²) < 4.78 is 47.7. The number of Topliss-reactive ketones (excluding diaryl/α,β-unsaturated/α-hetero) is 1. The first-order valence-corrected chi connectivity index (χ1v) is 13.7. The maximum Gasteiger partial charge on any atom is 0.310 e. The molecule has 198 valence electrons. The van der Waals surface area contributed by atoms with Gasteiger partial charge in [0, 0.05) is 11.5 Å². The highest BCUT2D eigenvalue weighted by Crippen LogP contribution is 2.65. The smallest absolute Gasteiger partial charge is 0.310 e. The van der Waals surface area contributed by atoms with Gasteiger partial charge in [-0.05, 0) is 54.7 Å². The molecular weight excluding hydrogens is 500 g/mol. The lowest BCUT2D eigenvalue weighted by molar-refractivity contribution is -0.206. The summed E-state index contributed by atoms with van der Waals surface area (Å²) in [5.74, 6) is -3.58. The summed E-state index contributed by atoms with van der Waals surface area (Å²) in [6, 6.07) is 9.27. The molecule has 37 heavy (non-hydrogen) atoms. The molecule has 2 aliphatic carbocycles. The highest BCUT2D eigenvalue weighted by molar-refractivity contribution is 7.86. The Labute approximate surface area is 215 Å². The number of furan rings is 1. The van der Waals surface area contributed by atoms with Crippen molar-refractivity contribution in [1.82, 2.24) is 0 Å². The van der Waals surface area contributed by atoms with Gasteiger partial charge in [-0.25, -0.2) is 0 Å². The minimum Gasteiger partial charge on any atom is -0.472 e. The minimum absolute atomic E-state index is 0.0836. The van der Waals surface area contributed by atoms with Crippen molar-refractivity contribution in [3.05, 3.63) is 54.5 Å². The molecule has 0 bridgehead atoms. The highest BCUT2D eigenvalue weighted by Gasteiger charge is 2.67. The van der Waals surface area contributed by atoms with E-state index < -0.39 is 68.6 Å². The SMILES string of the molecule is COC(=O)[C@@H]1C[C@H](OS(=O)(=O)c2ccccc2)C(=O)[C@H]2[C@@]1(C)CC[C@H]1C(=O)O[C@H](c3ccoc3)C[C@]21C. The average molecular weight is 531 g/mol. The van der Waals surface area contributed by atoms with Gasteiger partial charge in [0.2, 0.25) is 0 Å². The van der Waals surface area contributed by atoms with Crippen LogP contribution in [0.2, 0.25) is 0 Å². The van der Waals surface area contributed by atoms with Crippen LogP contribution in [0.1, 0.15) is 51.2 Å². The molecule has 5 rings (SSSR count). The van der Waals surface area contributed by atoms with Gasteiger partial charge in [-0.2, -0.15) is 8.42 Å². The molecule has 0 amide bonds.